The normalized spacial score (nSPS) is 12.9. The van der Waals surface area contributed by atoms with E-state index in [0.717, 1.165) is 11.1 Å². The number of amides is 1. The average Bonchev–Trinajstić information content (AvgIpc) is 2.80. The summed E-state index contributed by atoms with van der Waals surface area (Å²) in [6.45, 7) is 0.210. The highest BCUT2D eigenvalue weighted by atomic mass is 32.2. The minimum absolute atomic E-state index is 0.0670. The Balaban J connectivity index is 2.10. The molecule has 0 saturated heterocycles. The topological polar surface area (TPSA) is 177 Å². The third-order valence-electron chi connectivity index (χ3n) is 4.98. The molecule has 2 aromatic carbocycles. The van der Waals surface area contributed by atoms with Crippen molar-refractivity contribution in [3.05, 3.63) is 71.8 Å². The molecule has 11 heteroatoms. The second-order valence-electron chi connectivity index (χ2n) is 7.76. The van der Waals surface area contributed by atoms with E-state index in [4.69, 9.17) is 11.5 Å². The molecule has 184 valence electrons. The molecule has 7 N–H and O–H groups in total. The number of carboxylic acid groups (broad SMARTS) is 1. The summed E-state index contributed by atoms with van der Waals surface area (Å²) >= 11 is 0. The van der Waals surface area contributed by atoms with Crippen LogP contribution in [0.1, 0.15) is 24.0 Å². The lowest BCUT2D eigenvalue weighted by atomic mass is 10.1. The SMILES string of the molecule is NC(N)=NCCC[C@H](NC(=O)[C@@H](Cc1ccccc1)NS(=O)(=O)CCc1ccccc1)C(=O)O. The molecule has 34 heavy (non-hydrogen) atoms. The molecule has 0 heterocycles. The molecule has 0 fully saturated rings. The Bertz CT molecular complexity index is 1060. The van der Waals surface area contributed by atoms with E-state index < -0.39 is 34.0 Å². The van der Waals surface area contributed by atoms with E-state index in [9.17, 15) is 23.1 Å². The molecule has 2 rings (SSSR count). The minimum Gasteiger partial charge on any atom is -0.480 e. The van der Waals surface area contributed by atoms with Crippen molar-refractivity contribution < 1.29 is 23.1 Å². The van der Waals surface area contributed by atoms with Gasteiger partial charge >= 0.3 is 5.97 Å². The molecule has 0 saturated carbocycles. The van der Waals surface area contributed by atoms with Crippen LogP contribution in [0.2, 0.25) is 0 Å². The Morgan fingerprint density at radius 2 is 1.53 bits per heavy atom. The van der Waals surface area contributed by atoms with Gasteiger partial charge in [-0.05, 0) is 36.8 Å². The number of nitrogens with zero attached hydrogens (tertiary/aromatic N) is 1. The first-order valence-corrected chi connectivity index (χ1v) is 12.5. The number of aliphatic carboxylic acids is 1. The molecule has 0 radical (unpaired) electrons. The number of guanidine groups is 1. The van der Waals surface area contributed by atoms with Crippen LogP contribution in [0, 0.1) is 0 Å². The Kier molecular flexibility index (Phi) is 10.5. The Labute approximate surface area is 199 Å². The van der Waals surface area contributed by atoms with Crippen LogP contribution >= 0.6 is 0 Å². The number of nitrogens with two attached hydrogens (primary N) is 2. The van der Waals surface area contributed by atoms with E-state index in [2.05, 4.69) is 15.0 Å². The maximum Gasteiger partial charge on any atom is 0.326 e. The van der Waals surface area contributed by atoms with E-state index in [1.165, 1.54) is 0 Å². The minimum atomic E-state index is -3.83. The molecule has 2 aromatic rings. The van der Waals surface area contributed by atoms with E-state index in [1.54, 1.807) is 30.3 Å². The largest absolute Gasteiger partial charge is 0.480 e. The van der Waals surface area contributed by atoms with Crippen LogP contribution in [-0.2, 0) is 32.5 Å². The second kappa shape index (κ2) is 13.3. The first-order chi connectivity index (χ1) is 16.2. The highest BCUT2D eigenvalue weighted by molar-refractivity contribution is 7.89. The molecule has 0 spiro atoms. The fraction of sp³-hybridized carbons (Fsp3) is 0.348. The van der Waals surface area contributed by atoms with Crippen LogP contribution in [0.3, 0.4) is 0 Å². The van der Waals surface area contributed by atoms with Crippen molar-refractivity contribution in [1.82, 2.24) is 10.0 Å². The van der Waals surface area contributed by atoms with E-state index in [0.29, 0.717) is 6.42 Å². The number of rotatable bonds is 14. The molecular formula is C23H31N5O5S. The Morgan fingerprint density at radius 3 is 2.09 bits per heavy atom. The first-order valence-electron chi connectivity index (χ1n) is 10.8. The number of hydrogen-bond donors (Lipinski definition) is 5. The number of hydrogen-bond acceptors (Lipinski definition) is 5. The summed E-state index contributed by atoms with van der Waals surface area (Å²) in [4.78, 5) is 28.4. The van der Waals surface area contributed by atoms with Crippen molar-refractivity contribution in [3.8, 4) is 0 Å². The summed E-state index contributed by atoms with van der Waals surface area (Å²) in [5.74, 6) is -2.27. The van der Waals surface area contributed by atoms with Crippen LogP contribution in [0.5, 0.6) is 0 Å². The number of aryl methyl sites for hydroxylation is 1. The van der Waals surface area contributed by atoms with Gasteiger partial charge in [-0.15, -0.1) is 0 Å². The van der Waals surface area contributed by atoms with Crippen molar-refractivity contribution >= 4 is 27.9 Å². The smallest absolute Gasteiger partial charge is 0.326 e. The summed E-state index contributed by atoms with van der Waals surface area (Å²) in [6, 6.07) is 15.6. The van der Waals surface area contributed by atoms with Crippen LogP contribution in [-0.4, -0.2) is 55.7 Å². The third kappa shape index (κ3) is 10.0. The summed E-state index contributed by atoms with van der Waals surface area (Å²) in [7, 11) is -3.83. The highest BCUT2D eigenvalue weighted by Gasteiger charge is 2.28. The molecule has 0 aliphatic heterocycles. The quantitative estimate of drug-likeness (QED) is 0.145. The van der Waals surface area contributed by atoms with Gasteiger partial charge in [-0.2, -0.15) is 0 Å². The maximum atomic E-state index is 13.0. The molecule has 0 aromatic heterocycles. The predicted octanol–water partition coefficient (Wildman–Crippen LogP) is 0.383. The molecule has 2 atom stereocenters. The molecular weight excluding hydrogens is 458 g/mol. The van der Waals surface area contributed by atoms with Gasteiger partial charge in [0.15, 0.2) is 5.96 Å². The van der Waals surface area contributed by atoms with Crippen LogP contribution < -0.4 is 21.5 Å². The number of carbonyl (C=O) groups excluding carboxylic acids is 1. The monoisotopic (exact) mass is 489 g/mol. The average molecular weight is 490 g/mol. The number of aliphatic imine (C=N–C) groups is 1. The summed E-state index contributed by atoms with van der Waals surface area (Å²) in [6.07, 6.45) is 0.744. The summed E-state index contributed by atoms with van der Waals surface area (Å²) < 4.78 is 28.0. The summed E-state index contributed by atoms with van der Waals surface area (Å²) in [5.41, 5.74) is 12.1. The van der Waals surface area contributed by atoms with E-state index in [-0.39, 0.29) is 37.5 Å². The maximum absolute atomic E-state index is 13.0. The van der Waals surface area contributed by atoms with Crippen LogP contribution in [0.25, 0.3) is 0 Å². The third-order valence-corrected chi connectivity index (χ3v) is 6.37. The van der Waals surface area contributed by atoms with Gasteiger partial charge in [-0.25, -0.2) is 17.9 Å². The van der Waals surface area contributed by atoms with Gasteiger partial charge in [0.05, 0.1) is 5.75 Å². The zero-order valence-corrected chi connectivity index (χ0v) is 19.6. The van der Waals surface area contributed by atoms with E-state index >= 15 is 0 Å². The van der Waals surface area contributed by atoms with Gasteiger partial charge in [0.1, 0.15) is 12.1 Å². The first kappa shape index (κ1) is 26.8. The standard InChI is InChI=1S/C23H31N5O5S/c24-23(25)26-14-7-12-19(22(30)31)27-21(29)20(16-18-10-5-2-6-11-18)28-34(32,33)15-13-17-8-3-1-4-9-17/h1-6,8-11,19-20,28H,7,12-16H2,(H,27,29)(H,30,31)(H4,24,25,26)/t19-,20+/m0/s1. The van der Waals surface area contributed by atoms with Gasteiger partial charge in [0.25, 0.3) is 0 Å². The van der Waals surface area contributed by atoms with Gasteiger partial charge in [0, 0.05) is 6.54 Å². The van der Waals surface area contributed by atoms with Crippen molar-refractivity contribution in [1.29, 1.82) is 0 Å². The number of carboxylic acids is 1. The zero-order valence-electron chi connectivity index (χ0n) is 18.8. The lowest BCUT2D eigenvalue weighted by Gasteiger charge is -2.21. The van der Waals surface area contributed by atoms with Crippen molar-refractivity contribution in [2.24, 2.45) is 16.5 Å². The lowest BCUT2D eigenvalue weighted by Crippen LogP contribution is -2.52. The fourth-order valence-electron chi connectivity index (χ4n) is 3.24. The van der Waals surface area contributed by atoms with Crippen molar-refractivity contribution in [2.45, 2.75) is 37.8 Å². The van der Waals surface area contributed by atoms with Gasteiger partial charge < -0.3 is 21.9 Å². The molecule has 10 nitrogen and oxygen atoms in total. The van der Waals surface area contributed by atoms with Crippen LogP contribution in [0.15, 0.2) is 65.7 Å². The van der Waals surface area contributed by atoms with Crippen molar-refractivity contribution in [2.75, 3.05) is 12.3 Å². The lowest BCUT2D eigenvalue weighted by molar-refractivity contribution is -0.142. The molecule has 0 aliphatic carbocycles. The van der Waals surface area contributed by atoms with Gasteiger partial charge in [-0.3, -0.25) is 9.79 Å². The molecule has 1 amide bonds. The second-order valence-corrected chi connectivity index (χ2v) is 9.64. The Morgan fingerprint density at radius 1 is 0.941 bits per heavy atom. The summed E-state index contributed by atoms with van der Waals surface area (Å²) in [5, 5.41) is 12.0. The number of sulfonamides is 1. The van der Waals surface area contributed by atoms with Crippen LogP contribution in [0.4, 0.5) is 0 Å². The zero-order chi connectivity index (χ0) is 25.0. The van der Waals surface area contributed by atoms with Gasteiger partial charge in [-0.1, -0.05) is 60.7 Å². The highest BCUT2D eigenvalue weighted by Crippen LogP contribution is 2.08. The number of benzene rings is 2. The molecule has 0 bridgehead atoms. The van der Waals surface area contributed by atoms with Gasteiger partial charge in [0.2, 0.25) is 15.9 Å². The fourth-order valence-corrected chi connectivity index (χ4v) is 4.49. The number of nitrogens with one attached hydrogen (secondary N) is 2. The molecule has 0 unspecified atom stereocenters. The number of carbonyl (C=O) groups is 2. The van der Waals surface area contributed by atoms with Crippen molar-refractivity contribution in [3.63, 3.8) is 0 Å². The predicted molar refractivity (Wildman–Crippen MR) is 130 cm³/mol. The Hall–Kier alpha value is -3.44. The molecule has 0 aliphatic rings. The van der Waals surface area contributed by atoms with E-state index in [1.807, 2.05) is 30.3 Å².